The van der Waals surface area contributed by atoms with Crippen LogP contribution in [0.5, 0.6) is 0 Å². The van der Waals surface area contributed by atoms with Crippen LogP contribution in [0.4, 0.5) is 0 Å². The van der Waals surface area contributed by atoms with E-state index in [0.717, 1.165) is 16.9 Å². The molecule has 2 unspecified atom stereocenters. The summed E-state index contributed by atoms with van der Waals surface area (Å²) >= 11 is 0. The van der Waals surface area contributed by atoms with E-state index in [4.69, 9.17) is 0 Å². The molecule has 0 amide bonds. The Balaban J connectivity index is 1.41. The Bertz CT molecular complexity index is 313. The third kappa shape index (κ3) is 1.46. The molecule has 4 rings (SSSR count). The Hall–Kier alpha value is -0.0800. The standard InChI is InChI=1S/C15H26N2/c1-16-9-8-15(12-16)7-4-13(15)17-10-14(11-17)5-2-3-6-14/h13H,2-12H2,1H3. The highest BCUT2D eigenvalue weighted by atomic mass is 15.3. The van der Waals surface area contributed by atoms with Crippen LogP contribution in [0.2, 0.25) is 0 Å². The van der Waals surface area contributed by atoms with E-state index in [0.29, 0.717) is 0 Å². The lowest BCUT2D eigenvalue weighted by Gasteiger charge is -2.61. The molecule has 2 atom stereocenters. The summed E-state index contributed by atoms with van der Waals surface area (Å²) in [6.07, 6.45) is 10.5. The van der Waals surface area contributed by atoms with E-state index in [-0.39, 0.29) is 0 Å². The molecule has 0 aromatic heterocycles. The molecular formula is C15H26N2. The molecule has 2 heteroatoms. The number of likely N-dealkylation sites (tertiary alicyclic amines) is 2. The van der Waals surface area contributed by atoms with E-state index in [1.807, 2.05) is 0 Å². The van der Waals surface area contributed by atoms with Crippen LogP contribution < -0.4 is 0 Å². The van der Waals surface area contributed by atoms with Crippen molar-refractivity contribution in [3.05, 3.63) is 0 Å². The van der Waals surface area contributed by atoms with Crippen molar-refractivity contribution in [2.45, 2.75) is 51.0 Å². The lowest BCUT2D eigenvalue weighted by Crippen LogP contribution is -2.66. The van der Waals surface area contributed by atoms with Crippen LogP contribution in [0.15, 0.2) is 0 Å². The first-order valence-electron chi connectivity index (χ1n) is 7.64. The van der Waals surface area contributed by atoms with Crippen molar-refractivity contribution < 1.29 is 0 Å². The summed E-state index contributed by atoms with van der Waals surface area (Å²) in [7, 11) is 2.30. The average Bonchev–Trinajstić information content (AvgIpc) is 2.83. The summed E-state index contributed by atoms with van der Waals surface area (Å²) in [6, 6.07) is 0.957. The number of rotatable bonds is 1. The van der Waals surface area contributed by atoms with Crippen molar-refractivity contribution in [2.24, 2.45) is 10.8 Å². The average molecular weight is 234 g/mol. The van der Waals surface area contributed by atoms with E-state index in [2.05, 4.69) is 16.8 Å². The molecule has 17 heavy (non-hydrogen) atoms. The molecule has 2 heterocycles. The van der Waals surface area contributed by atoms with Gasteiger partial charge in [-0.3, -0.25) is 4.90 Å². The molecule has 2 spiro atoms. The molecule has 0 N–H and O–H groups in total. The highest BCUT2D eigenvalue weighted by Gasteiger charge is 2.57. The second kappa shape index (κ2) is 3.48. The summed E-state index contributed by atoms with van der Waals surface area (Å²) in [5.41, 5.74) is 1.51. The van der Waals surface area contributed by atoms with Crippen LogP contribution in [0, 0.1) is 10.8 Å². The van der Waals surface area contributed by atoms with Gasteiger partial charge < -0.3 is 4.90 Å². The molecule has 0 aromatic carbocycles. The highest BCUT2D eigenvalue weighted by Crippen LogP contribution is 2.55. The van der Waals surface area contributed by atoms with Gasteiger partial charge in [0.1, 0.15) is 0 Å². The fraction of sp³-hybridized carbons (Fsp3) is 1.00. The minimum atomic E-state index is 0.717. The van der Waals surface area contributed by atoms with Gasteiger partial charge in [0.15, 0.2) is 0 Å². The third-order valence-corrected chi connectivity index (χ3v) is 6.38. The van der Waals surface area contributed by atoms with Crippen molar-refractivity contribution >= 4 is 0 Å². The lowest BCUT2D eigenvalue weighted by atomic mass is 9.61. The zero-order valence-corrected chi connectivity index (χ0v) is 11.2. The first-order chi connectivity index (χ1) is 8.22. The summed E-state index contributed by atoms with van der Waals surface area (Å²) in [5.74, 6) is 0. The second-order valence-electron chi connectivity index (χ2n) is 7.52. The van der Waals surface area contributed by atoms with E-state index in [9.17, 15) is 0 Å². The topological polar surface area (TPSA) is 6.48 Å². The Morgan fingerprint density at radius 2 is 1.71 bits per heavy atom. The first kappa shape index (κ1) is 10.8. The molecule has 4 fully saturated rings. The SMILES string of the molecule is CN1CCC2(CCC2N2CC3(CCCC3)C2)C1. The maximum atomic E-state index is 2.86. The molecule has 4 aliphatic rings. The van der Waals surface area contributed by atoms with Crippen LogP contribution >= 0.6 is 0 Å². The van der Waals surface area contributed by atoms with Gasteiger partial charge in [0.05, 0.1) is 0 Å². The zero-order chi connectivity index (χ0) is 11.5. The Labute approximate surface area is 105 Å². The molecule has 2 aliphatic heterocycles. The molecule has 2 saturated heterocycles. The van der Waals surface area contributed by atoms with Gasteiger partial charge in [-0.1, -0.05) is 12.8 Å². The predicted octanol–water partition coefficient (Wildman–Crippen LogP) is 2.35. The van der Waals surface area contributed by atoms with Crippen LogP contribution in [0.3, 0.4) is 0 Å². The van der Waals surface area contributed by atoms with E-state index in [1.165, 1.54) is 71.1 Å². The first-order valence-corrected chi connectivity index (χ1v) is 7.64. The largest absolute Gasteiger partial charge is 0.306 e. The van der Waals surface area contributed by atoms with Gasteiger partial charge in [0.25, 0.3) is 0 Å². The van der Waals surface area contributed by atoms with Crippen molar-refractivity contribution in [2.75, 3.05) is 33.2 Å². The summed E-state index contributed by atoms with van der Waals surface area (Å²) in [4.78, 5) is 5.41. The maximum Gasteiger partial charge on any atom is 0.0165 e. The van der Waals surface area contributed by atoms with E-state index >= 15 is 0 Å². The summed E-state index contributed by atoms with van der Waals surface area (Å²) in [5, 5.41) is 0. The van der Waals surface area contributed by atoms with Gasteiger partial charge in [-0.15, -0.1) is 0 Å². The summed E-state index contributed by atoms with van der Waals surface area (Å²) in [6.45, 7) is 5.61. The van der Waals surface area contributed by atoms with Crippen molar-refractivity contribution in [3.8, 4) is 0 Å². The van der Waals surface area contributed by atoms with Gasteiger partial charge in [0, 0.05) is 25.7 Å². The van der Waals surface area contributed by atoms with Gasteiger partial charge in [-0.2, -0.15) is 0 Å². The van der Waals surface area contributed by atoms with Gasteiger partial charge in [-0.25, -0.2) is 0 Å². The third-order valence-electron chi connectivity index (χ3n) is 6.38. The van der Waals surface area contributed by atoms with Crippen LogP contribution in [0.1, 0.15) is 44.9 Å². The lowest BCUT2D eigenvalue weighted by molar-refractivity contribution is -0.111. The predicted molar refractivity (Wildman–Crippen MR) is 70.0 cm³/mol. The van der Waals surface area contributed by atoms with E-state index < -0.39 is 0 Å². The fourth-order valence-corrected chi connectivity index (χ4v) is 5.31. The molecular weight excluding hydrogens is 208 g/mol. The molecule has 0 radical (unpaired) electrons. The monoisotopic (exact) mass is 234 g/mol. The van der Waals surface area contributed by atoms with E-state index in [1.54, 1.807) is 0 Å². The van der Waals surface area contributed by atoms with Crippen molar-refractivity contribution in [1.82, 2.24) is 9.80 Å². The quantitative estimate of drug-likeness (QED) is 0.687. The fourth-order valence-electron chi connectivity index (χ4n) is 5.31. The normalized spacial score (nSPS) is 45.4. The smallest absolute Gasteiger partial charge is 0.0165 e. The highest BCUT2D eigenvalue weighted by molar-refractivity contribution is 5.11. The van der Waals surface area contributed by atoms with Gasteiger partial charge in [0.2, 0.25) is 0 Å². The van der Waals surface area contributed by atoms with Crippen molar-refractivity contribution in [1.29, 1.82) is 0 Å². The molecule has 2 aliphatic carbocycles. The van der Waals surface area contributed by atoms with Gasteiger partial charge >= 0.3 is 0 Å². The molecule has 2 saturated carbocycles. The molecule has 0 bridgehead atoms. The van der Waals surface area contributed by atoms with Crippen LogP contribution in [-0.4, -0.2) is 49.1 Å². The molecule has 96 valence electrons. The summed E-state index contributed by atoms with van der Waals surface area (Å²) < 4.78 is 0. The number of hydrogen-bond donors (Lipinski definition) is 0. The Kier molecular flexibility index (Phi) is 2.21. The minimum absolute atomic E-state index is 0.717. The van der Waals surface area contributed by atoms with Crippen molar-refractivity contribution in [3.63, 3.8) is 0 Å². The zero-order valence-electron chi connectivity index (χ0n) is 11.2. The molecule has 0 aromatic rings. The Morgan fingerprint density at radius 1 is 0.941 bits per heavy atom. The second-order valence-corrected chi connectivity index (χ2v) is 7.52. The van der Waals surface area contributed by atoms with Crippen LogP contribution in [0.25, 0.3) is 0 Å². The molecule has 2 nitrogen and oxygen atoms in total. The minimum Gasteiger partial charge on any atom is -0.306 e. The Morgan fingerprint density at radius 3 is 2.24 bits per heavy atom. The number of nitrogens with zero attached hydrogens (tertiary/aromatic N) is 2. The maximum absolute atomic E-state index is 2.86. The number of hydrogen-bond acceptors (Lipinski definition) is 2. The van der Waals surface area contributed by atoms with Crippen LogP contribution in [-0.2, 0) is 0 Å². The van der Waals surface area contributed by atoms with Gasteiger partial charge in [-0.05, 0) is 56.5 Å².